The molecule has 96 valence electrons. The number of nitrogens with one attached hydrogen (secondary N) is 2. The molecule has 0 unspecified atom stereocenters. The first-order valence-corrected chi connectivity index (χ1v) is 5.57. The third kappa shape index (κ3) is 7.86. The van der Waals surface area contributed by atoms with Crippen molar-refractivity contribution in [3.8, 4) is 0 Å². The molecule has 1 heterocycles. The molecule has 0 aromatic carbocycles. The first-order chi connectivity index (χ1) is 7.29. The molecule has 1 aliphatic rings. The van der Waals surface area contributed by atoms with Crippen LogP contribution in [0.4, 0.5) is 0 Å². The molecule has 2 N–H and O–H groups in total. The second-order valence-electron chi connectivity index (χ2n) is 3.69. The van der Waals surface area contributed by atoms with E-state index in [9.17, 15) is 0 Å². The van der Waals surface area contributed by atoms with E-state index in [4.69, 9.17) is 0 Å². The Balaban J connectivity index is 0.00000225. The van der Waals surface area contributed by atoms with E-state index in [0.29, 0.717) is 0 Å². The van der Waals surface area contributed by atoms with Crippen LogP contribution in [-0.4, -0.2) is 45.0 Å². The van der Waals surface area contributed by atoms with Gasteiger partial charge in [0.2, 0.25) is 0 Å². The summed E-state index contributed by atoms with van der Waals surface area (Å²) >= 11 is 0. The van der Waals surface area contributed by atoms with Gasteiger partial charge in [-0.15, -0.1) is 6.54 Å². The van der Waals surface area contributed by atoms with Gasteiger partial charge in [-0.2, -0.15) is 5.70 Å². The third-order valence-electron chi connectivity index (χ3n) is 2.20. The van der Waals surface area contributed by atoms with E-state index >= 15 is 0 Å². The minimum absolute atomic E-state index is 0. The zero-order valence-electron chi connectivity index (χ0n) is 10.0. The van der Waals surface area contributed by atoms with Crippen molar-refractivity contribution < 1.29 is 16.5 Å². The Morgan fingerprint density at radius 1 is 1.12 bits per heavy atom. The molecule has 5 heteroatoms. The van der Waals surface area contributed by atoms with Crippen molar-refractivity contribution in [3.05, 3.63) is 17.1 Å². The molecule has 0 bridgehead atoms. The van der Waals surface area contributed by atoms with Crippen LogP contribution in [0.25, 0.3) is 5.32 Å². The number of aliphatic imine (C=N–C) groups is 1. The number of hydrogen-bond acceptors (Lipinski definition) is 3. The van der Waals surface area contributed by atoms with E-state index in [1.54, 1.807) is 0 Å². The molecule has 0 amide bonds. The van der Waals surface area contributed by atoms with Crippen LogP contribution in [0.1, 0.15) is 13.8 Å². The molecule has 0 fully saturated rings. The molecule has 1 aliphatic heterocycles. The number of nitrogens with zero attached hydrogens (tertiary/aromatic N) is 2. The third-order valence-corrected chi connectivity index (χ3v) is 2.20. The summed E-state index contributed by atoms with van der Waals surface area (Å²) in [6, 6.07) is 0. The quantitative estimate of drug-likeness (QED) is 0.642. The fraction of sp³-hybridized carbons (Fsp3) is 0.727. The molecule has 16 heavy (non-hydrogen) atoms. The maximum Gasteiger partial charge on any atom is 0.0517 e. The summed E-state index contributed by atoms with van der Waals surface area (Å²) in [4.78, 5) is 4.44. The summed E-state index contributed by atoms with van der Waals surface area (Å²) in [5, 5.41) is 11.1. The Morgan fingerprint density at radius 2 is 1.81 bits per heavy atom. The molecule has 0 radical (unpaired) electrons. The summed E-state index contributed by atoms with van der Waals surface area (Å²) in [7, 11) is 0. The van der Waals surface area contributed by atoms with Gasteiger partial charge in [0, 0.05) is 41.8 Å². The first-order valence-electron chi connectivity index (χ1n) is 5.57. The Kier molecular flexibility index (Phi) is 9.59. The van der Waals surface area contributed by atoms with E-state index in [2.05, 4.69) is 20.9 Å². The van der Waals surface area contributed by atoms with Gasteiger partial charge in [0.25, 0.3) is 0 Å². The van der Waals surface area contributed by atoms with Gasteiger partial charge in [-0.3, -0.25) is 4.99 Å². The van der Waals surface area contributed by atoms with Gasteiger partial charge in [-0.25, -0.2) is 0 Å². The van der Waals surface area contributed by atoms with Crippen LogP contribution in [0.5, 0.6) is 0 Å². The van der Waals surface area contributed by atoms with Crippen LogP contribution in [0, 0.1) is 0 Å². The van der Waals surface area contributed by atoms with Crippen LogP contribution >= 0.6 is 0 Å². The summed E-state index contributed by atoms with van der Waals surface area (Å²) < 4.78 is 0. The average Bonchev–Trinajstić information content (AvgIpc) is 2.21. The minimum atomic E-state index is 0. The van der Waals surface area contributed by atoms with Crippen LogP contribution in [0.2, 0.25) is 0 Å². The molecule has 0 atom stereocenters. The molecule has 0 spiro atoms. The monoisotopic (exact) mass is 267 g/mol. The van der Waals surface area contributed by atoms with Crippen molar-refractivity contribution in [2.45, 2.75) is 13.8 Å². The van der Waals surface area contributed by atoms with Gasteiger partial charge >= 0.3 is 0 Å². The molecule has 0 aromatic rings. The van der Waals surface area contributed by atoms with Crippen LogP contribution in [0.3, 0.4) is 0 Å². The fourth-order valence-electron chi connectivity index (χ4n) is 1.44. The summed E-state index contributed by atoms with van der Waals surface area (Å²) in [6.07, 6.45) is 2.04. The molecule has 0 saturated heterocycles. The predicted octanol–water partition coefficient (Wildman–Crippen LogP) is 0.915. The Labute approximate surface area is 108 Å². The van der Waals surface area contributed by atoms with Crippen molar-refractivity contribution in [3.63, 3.8) is 0 Å². The summed E-state index contributed by atoms with van der Waals surface area (Å²) in [5.41, 5.74) is 2.12. The van der Waals surface area contributed by atoms with Crippen LogP contribution in [-0.2, 0) is 16.5 Å². The maximum absolute atomic E-state index is 4.44. The topological polar surface area (TPSA) is 50.5 Å². The molecule has 0 aromatic heterocycles. The van der Waals surface area contributed by atoms with E-state index < -0.39 is 0 Å². The first kappa shape index (κ1) is 15.6. The molecule has 1 rings (SSSR count). The van der Waals surface area contributed by atoms with Gasteiger partial charge in [-0.1, -0.05) is 13.0 Å². The van der Waals surface area contributed by atoms with Crippen LogP contribution < -0.4 is 10.6 Å². The molecule has 4 nitrogen and oxygen atoms in total. The average molecular weight is 268 g/mol. The van der Waals surface area contributed by atoms with Crippen LogP contribution in [0.15, 0.2) is 16.8 Å². The Hall–Kier alpha value is -0.376. The maximum atomic E-state index is 4.44. The van der Waals surface area contributed by atoms with Gasteiger partial charge in [0.1, 0.15) is 0 Å². The second-order valence-corrected chi connectivity index (χ2v) is 3.69. The van der Waals surface area contributed by atoms with Gasteiger partial charge in [0.15, 0.2) is 0 Å². The van der Waals surface area contributed by atoms with Crippen molar-refractivity contribution in [1.82, 2.24) is 10.6 Å². The number of allylic oxidation sites excluding steroid dienone is 2. The Bertz CT molecular complexity index is 238. The van der Waals surface area contributed by atoms with E-state index in [0.717, 1.165) is 50.7 Å². The van der Waals surface area contributed by atoms with Gasteiger partial charge < -0.3 is 16.0 Å². The summed E-state index contributed by atoms with van der Waals surface area (Å²) in [5.74, 6) is 0. The molecular formula is C11H21N4Ni-. The molecule has 0 saturated carbocycles. The Morgan fingerprint density at radius 3 is 2.56 bits per heavy atom. The summed E-state index contributed by atoms with van der Waals surface area (Å²) in [6.45, 7) is 9.63. The molecule has 0 aliphatic carbocycles. The van der Waals surface area contributed by atoms with Gasteiger partial charge in [-0.05, 0) is 13.5 Å². The molecular weight excluding hydrogens is 247 g/mol. The zero-order chi connectivity index (χ0) is 10.9. The fourth-order valence-corrected chi connectivity index (χ4v) is 1.44. The number of hydrogen-bond donors (Lipinski definition) is 2. The normalized spacial score (nSPS) is 19.9. The van der Waals surface area contributed by atoms with Gasteiger partial charge in [0.05, 0.1) is 6.54 Å². The van der Waals surface area contributed by atoms with Crippen molar-refractivity contribution in [2.75, 3.05) is 39.3 Å². The largest absolute Gasteiger partial charge is 0.687 e. The van der Waals surface area contributed by atoms with Crippen molar-refractivity contribution in [2.24, 2.45) is 4.99 Å². The van der Waals surface area contributed by atoms with E-state index in [1.807, 2.05) is 19.9 Å². The minimum Gasteiger partial charge on any atom is -0.687 e. The zero-order valence-corrected chi connectivity index (χ0v) is 11.0. The number of rotatable bonds is 0. The smallest absolute Gasteiger partial charge is 0.0517 e. The standard InChI is InChI=1S/C11H21N4.Ni/c1-10-9-11(2)15-8-6-13-4-3-12-5-7-14-10;/h9,12-13H,3-8H2,1-2H3;/q-1;. The van der Waals surface area contributed by atoms with E-state index in [1.165, 1.54) is 0 Å². The van der Waals surface area contributed by atoms with Crippen molar-refractivity contribution in [1.29, 1.82) is 0 Å². The predicted molar refractivity (Wildman–Crippen MR) is 65.7 cm³/mol. The van der Waals surface area contributed by atoms with E-state index in [-0.39, 0.29) is 16.5 Å². The second kappa shape index (κ2) is 9.82. The van der Waals surface area contributed by atoms with Crippen molar-refractivity contribution >= 4 is 5.71 Å². The SMILES string of the molecule is CC1=CC(C)=NCCNCCNCC[N-]1.[Ni].